The van der Waals surface area contributed by atoms with E-state index < -0.39 is 4.30 Å². The van der Waals surface area contributed by atoms with E-state index in [1.807, 2.05) is 146 Å². The fraction of sp³-hybridized carbons (Fsp3) is 0.0286. The monoisotopic (exact) mass is 692 g/mol. The van der Waals surface area contributed by atoms with Crippen LogP contribution in [0.5, 0.6) is 0 Å². The van der Waals surface area contributed by atoms with Gasteiger partial charge in [-0.1, -0.05) is 180 Å². The summed E-state index contributed by atoms with van der Waals surface area (Å²) in [6, 6.07) is 39.1. The van der Waals surface area contributed by atoms with Crippen molar-refractivity contribution in [1.82, 2.24) is 0 Å². The minimum absolute atomic E-state index is 0. The second kappa shape index (κ2) is 22.4. The largest absolute Gasteiger partial charge is 0.290 e. The van der Waals surface area contributed by atoms with Gasteiger partial charge < -0.3 is 0 Å². The van der Waals surface area contributed by atoms with Crippen LogP contribution in [0.25, 0.3) is 24.3 Å². The van der Waals surface area contributed by atoms with Gasteiger partial charge in [-0.15, -0.1) is 0 Å². The van der Waals surface area contributed by atoms with E-state index in [4.69, 9.17) is 34.8 Å². The van der Waals surface area contributed by atoms with Gasteiger partial charge in [-0.25, -0.2) is 0 Å². The van der Waals surface area contributed by atoms with Crippen LogP contribution in [0.2, 0.25) is 0 Å². The zero-order valence-electron chi connectivity index (χ0n) is 22.0. The number of alkyl halides is 3. The van der Waals surface area contributed by atoms with Crippen molar-refractivity contribution in [3.05, 3.63) is 168 Å². The average Bonchev–Trinajstić information content (AvgIpc) is 2.99. The van der Waals surface area contributed by atoms with Gasteiger partial charge in [0.15, 0.2) is 15.9 Å². The Kier molecular flexibility index (Phi) is 19.5. The van der Waals surface area contributed by atoms with Gasteiger partial charge in [-0.05, 0) is 46.6 Å². The Morgan fingerprint density at radius 2 is 0.585 bits per heavy atom. The molecular weight excluding hydrogens is 665 g/mol. The molecule has 6 heteroatoms. The van der Waals surface area contributed by atoms with Crippen LogP contribution >= 0.6 is 34.8 Å². The average molecular weight is 694 g/mol. The Hall–Kier alpha value is -3.29. The second-order valence-corrected chi connectivity index (χ2v) is 10.0. The third kappa shape index (κ3) is 18.6. The van der Waals surface area contributed by atoms with Crippen LogP contribution in [0.4, 0.5) is 0 Å². The molecule has 0 N–H and O–H groups in total. The molecule has 0 bridgehead atoms. The third-order valence-corrected chi connectivity index (χ3v) is 4.96. The number of hydrogen-bond acceptors (Lipinski definition) is 2. The summed E-state index contributed by atoms with van der Waals surface area (Å²) in [5.41, 5.74) is 4.11. The summed E-state index contributed by atoms with van der Waals surface area (Å²) >= 11 is 14.4. The van der Waals surface area contributed by atoms with Crippen LogP contribution in [-0.4, -0.2) is 15.9 Å². The van der Waals surface area contributed by atoms with Crippen molar-refractivity contribution in [2.75, 3.05) is 0 Å². The normalized spacial score (nSPS) is 10.6. The summed E-state index contributed by atoms with van der Waals surface area (Å²) in [6.07, 6.45) is 13.6. The number of halogens is 3. The summed E-state index contributed by atoms with van der Waals surface area (Å²) in [6.45, 7) is 0. The number of carbonyl (C=O) groups excluding carboxylic acids is 2. The molecule has 4 aromatic carbocycles. The zero-order valence-corrected chi connectivity index (χ0v) is 25.8. The molecule has 0 amide bonds. The molecule has 0 spiro atoms. The molecule has 0 atom stereocenters. The number of hydrogen-bond donors (Lipinski definition) is 0. The van der Waals surface area contributed by atoms with E-state index in [0.29, 0.717) is 0 Å². The van der Waals surface area contributed by atoms with Crippen LogP contribution < -0.4 is 0 Å². The van der Waals surface area contributed by atoms with Crippen LogP contribution in [0.15, 0.2) is 146 Å². The van der Waals surface area contributed by atoms with Crippen molar-refractivity contribution < 1.29 is 30.0 Å². The number of benzene rings is 4. The first-order chi connectivity index (χ1) is 19.4. The second-order valence-electron chi connectivity index (χ2n) is 8.03. The van der Waals surface area contributed by atoms with Gasteiger partial charge >= 0.3 is 0 Å². The van der Waals surface area contributed by atoms with E-state index in [0.717, 1.165) is 22.3 Å². The summed E-state index contributed by atoms with van der Waals surface area (Å²) in [5, 5.41) is 0. The van der Waals surface area contributed by atoms with Gasteiger partial charge in [0.25, 0.3) is 0 Å². The molecule has 0 fully saturated rings. The van der Waals surface area contributed by atoms with Gasteiger partial charge in [-0.2, -0.15) is 0 Å². The van der Waals surface area contributed by atoms with Crippen LogP contribution in [0.3, 0.4) is 0 Å². The topological polar surface area (TPSA) is 34.1 Å². The molecule has 4 aromatic rings. The molecule has 0 saturated carbocycles. The maximum absolute atomic E-state index is 11.6. The summed E-state index contributed by atoms with van der Waals surface area (Å²) in [5.74, 6) is -0.0228. The quantitative estimate of drug-likeness (QED) is 0.105. The van der Waals surface area contributed by atoms with Gasteiger partial charge in [0.05, 0.1) is 0 Å². The molecular formula is C35H29Cl3O2Pd. The number of carbonyl (C=O) groups is 2. The van der Waals surface area contributed by atoms with E-state index in [2.05, 4.69) is 0 Å². The van der Waals surface area contributed by atoms with E-state index in [1.54, 1.807) is 24.3 Å². The number of ketones is 2. The van der Waals surface area contributed by atoms with Crippen molar-refractivity contribution in [2.45, 2.75) is 4.30 Å². The number of rotatable bonds is 8. The predicted molar refractivity (Wildman–Crippen MR) is 173 cm³/mol. The molecule has 0 unspecified atom stereocenters. The summed E-state index contributed by atoms with van der Waals surface area (Å²) < 4.78 is -0.750. The molecule has 0 saturated heterocycles. The van der Waals surface area contributed by atoms with E-state index in [1.165, 1.54) is 0 Å². The molecule has 41 heavy (non-hydrogen) atoms. The zero-order chi connectivity index (χ0) is 28.8. The number of allylic oxidation sites excluding steroid dienone is 4. The Bertz CT molecular complexity index is 1170. The minimum atomic E-state index is -0.750. The van der Waals surface area contributed by atoms with Crippen LogP contribution in [0, 0.1) is 0 Å². The molecule has 4 rings (SSSR count). The van der Waals surface area contributed by atoms with Crippen molar-refractivity contribution in [3.63, 3.8) is 0 Å². The van der Waals surface area contributed by atoms with Crippen molar-refractivity contribution in [2.24, 2.45) is 0 Å². The van der Waals surface area contributed by atoms with Crippen molar-refractivity contribution in [1.29, 1.82) is 0 Å². The Morgan fingerprint density at radius 3 is 0.756 bits per heavy atom. The first kappa shape index (κ1) is 35.7. The molecule has 0 heterocycles. The third-order valence-electron chi connectivity index (χ3n) is 4.96. The SMILES string of the molecule is ClC(Cl)Cl.O=C(C=Cc1ccccc1)C=Cc1ccccc1.O=C(C=Cc1ccccc1)C=Cc1ccccc1.[Pd]. The Morgan fingerprint density at radius 1 is 0.415 bits per heavy atom. The van der Waals surface area contributed by atoms with Gasteiger partial charge in [0.2, 0.25) is 0 Å². The molecule has 0 radical (unpaired) electrons. The molecule has 0 aromatic heterocycles. The standard InChI is InChI=1S/2C17H14O.CHCl3.Pd/c2*18-17(13-11-15-7-3-1-4-8-15)14-12-16-9-5-2-6-10-16;2-1(3)4;/h2*1-14H;1H;. The van der Waals surface area contributed by atoms with Gasteiger partial charge in [0, 0.05) is 20.4 Å². The maximum Gasteiger partial charge on any atom is 0.180 e. The first-order valence-corrected chi connectivity index (χ1v) is 13.7. The molecule has 212 valence electrons. The maximum atomic E-state index is 11.6. The predicted octanol–water partition coefficient (Wildman–Crippen LogP) is 9.95. The molecule has 0 aliphatic heterocycles. The fourth-order valence-electron chi connectivity index (χ4n) is 3.08. The van der Waals surface area contributed by atoms with Gasteiger partial charge in [-0.3, -0.25) is 9.59 Å². The fourth-order valence-corrected chi connectivity index (χ4v) is 3.08. The van der Waals surface area contributed by atoms with Crippen molar-refractivity contribution >= 4 is 70.7 Å². The molecule has 2 nitrogen and oxygen atoms in total. The minimum Gasteiger partial charge on any atom is -0.290 e. The molecule has 0 aliphatic rings. The van der Waals surface area contributed by atoms with E-state index >= 15 is 0 Å². The Balaban J connectivity index is 0.000000355. The van der Waals surface area contributed by atoms with Crippen LogP contribution in [-0.2, 0) is 30.0 Å². The first-order valence-electron chi connectivity index (χ1n) is 12.3. The summed E-state index contributed by atoms with van der Waals surface area (Å²) in [4.78, 5) is 23.2. The van der Waals surface area contributed by atoms with Crippen LogP contribution in [0.1, 0.15) is 22.3 Å². The molecule has 0 aliphatic carbocycles. The summed E-state index contributed by atoms with van der Waals surface area (Å²) in [7, 11) is 0. The smallest absolute Gasteiger partial charge is 0.180 e. The van der Waals surface area contributed by atoms with Crippen molar-refractivity contribution in [3.8, 4) is 0 Å². The van der Waals surface area contributed by atoms with E-state index in [-0.39, 0.29) is 32.0 Å². The van der Waals surface area contributed by atoms with E-state index in [9.17, 15) is 9.59 Å². The Labute approximate surface area is 271 Å². The van der Waals surface area contributed by atoms with Gasteiger partial charge in [0.1, 0.15) is 0 Å².